The highest BCUT2D eigenvalue weighted by Crippen LogP contribution is 2.32. The van der Waals surface area contributed by atoms with Gasteiger partial charge in [-0.15, -0.1) is 0 Å². The normalized spacial score (nSPS) is 14.3. The van der Waals surface area contributed by atoms with E-state index in [9.17, 15) is 5.11 Å². The van der Waals surface area contributed by atoms with Gasteiger partial charge in [-0.2, -0.15) is 11.8 Å². The number of aromatic hydroxyl groups is 1. The summed E-state index contributed by atoms with van der Waals surface area (Å²) in [6.45, 7) is 5.32. The van der Waals surface area contributed by atoms with Gasteiger partial charge in [0.15, 0.2) is 0 Å². The topological polar surface area (TPSA) is 32.3 Å². The molecule has 0 amide bonds. The second kappa shape index (κ2) is 7.00. The summed E-state index contributed by atoms with van der Waals surface area (Å²) >= 11 is 1.87. The Hall–Kier alpha value is -1.19. The molecule has 2 aromatic carbocycles. The van der Waals surface area contributed by atoms with Crippen LogP contribution in [0.3, 0.4) is 0 Å². The average molecular weight is 289 g/mol. The molecule has 0 aromatic heterocycles. The van der Waals surface area contributed by atoms with Crippen molar-refractivity contribution < 1.29 is 5.11 Å². The van der Waals surface area contributed by atoms with E-state index in [1.165, 1.54) is 0 Å². The second-order valence-corrected chi connectivity index (χ2v) is 6.33. The summed E-state index contributed by atoms with van der Waals surface area (Å²) < 4.78 is 0. The van der Waals surface area contributed by atoms with Gasteiger partial charge in [0.2, 0.25) is 0 Å². The third-order valence-electron chi connectivity index (χ3n) is 3.62. The lowest BCUT2D eigenvalue weighted by molar-refractivity contribution is 0.448. The molecule has 0 radical (unpaired) electrons. The highest BCUT2D eigenvalue weighted by molar-refractivity contribution is 7.98. The highest BCUT2D eigenvalue weighted by atomic mass is 32.2. The fourth-order valence-corrected chi connectivity index (χ4v) is 3.14. The molecule has 2 atom stereocenters. The lowest BCUT2D eigenvalue weighted by atomic mass is 10.0. The van der Waals surface area contributed by atoms with Crippen LogP contribution in [0.25, 0.3) is 10.8 Å². The van der Waals surface area contributed by atoms with Crippen molar-refractivity contribution in [1.82, 2.24) is 5.32 Å². The summed E-state index contributed by atoms with van der Waals surface area (Å²) in [5, 5.41) is 16.0. The molecule has 2 aromatic rings. The summed E-state index contributed by atoms with van der Waals surface area (Å²) in [7, 11) is 0. The Balaban J connectivity index is 2.14. The Labute approximate surface area is 125 Å². The molecular formula is C17H23NOS. The molecule has 0 saturated carbocycles. The van der Waals surface area contributed by atoms with Crippen molar-refractivity contribution in [3.8, 4) is 5.75 Å². The minimum absolute atomic E-state index is 0.156. The SMILES string of the molecule is CSCC(C)CNC(C)c1ccc2ccccc2c1O. The molecule has 20 heavy (non-hydrogen) atoms. The summed E-state index contributed by atoms with van der Waals surface area (Å²) in [5.74, 6) is 2.19. The van der Waals surface area contributed by atoms with Gasteiger partial charge in [0.05, 0.1) is 0 Å². The fraction of sp³-hybridized carbons (Fsp3) is 0.412. The molecule has 2 rings (SSSR count). The van der Waals surface area contributed by atoms with Crippen LogP contribution in [-0.2, 0) is 0 Å². The molecule has 0 fully saturated rings. The van der Waals surface area contributed by atoms with Crippen molar-refractivity contribution in [2.45, 2.75) is 19.9 Å². The van der Waals surface area contributed by atoms with Crippen molar-refractivity contribution in [1.29, 1.82) is 0 Å². The quantitative estimate of drug-likeness (QED) is 0.836. The largest absolute Gasteiger partial charge is 0.507 e. The Morgan fingerprint density at radius 1 is 1.15 bits per heavy atom. The van der Waals surface area contributed by atoms with Crippen LogP contribution in [0, 0.1) is 5.92 Å². The van der Waals surface area contributed by atoms with Gasteiger partial charge in [-0.05, 0) is 36.8 Å². The van der Waals surface area contributed by atoms with E-state index >= 15 is 0 Å². The maximum Gasteiger partial charge on any atom is 0.128 e. The minimum atomic E-state index is 0.156. The summed E-state index contributed by atoms with van der Waals surface area (Å²) in [6.07, 6.45) is 2.13. The van der Waals surface area contributed by atoms with E-state index in [0.29, 0.717) is 11.7 Å². The van der Waals surface area contributed by atoms with Crippen molar-refractivity contribution in [3.05, 3.63) is 42.0 Å². The molecular weight excluding hydrogens is 266 g/mol. The first-order valence-corrected chi connectivity index (χ1v) is 8.45. The van der Waals surface area contributed by atoms with E-state index in [1.54, 1.807) is 0 Å². The van der Waals surface area contributed by atoms with E-state index in [1.807, 2.05) is 42.1 Å². The standard InChI is InChI=1S/C17H23NOS/c1-12(11-20-3)10-18-13(2)15-9-8-14-6-4-5-7-16(14)17(15)19/h4-9,12-13,18-19H,10-11H2,1-3H3. The Morgan fingerprint density at radius 3 is 2.65 bits per heavy atom. The van der Waals surface area contributed by atoms with Crippen molar-refractivity contribution in [2.24, 2.45) is 5.92 Å². The van der Waals surface area contributed by atoms with Gasteiger partial charge >= 0.3 is 0 Å². The molecule has 2 nitrogen and oxygen atoms in total. The molecule has 0 heterocycles. The van der Waals surface area contributed by atoms with Crippen molar-refractivity contribution >= 4 is 22.5 Å². The Kier molecular flexibility index (Phi) is 5.32. The van der Waals surface area contributed by atoms with Gasteiger partial charge < -0.3 is 10.4 Å². The van der Waals surface area contributed by atoms with Crippen LogP contribution in [0.5, 0.6) is 5.75 Å². The van der Waals surface area contributed by atoms with Gasteiger partial charge in [0.25, 0.3) is 0 Å². The zero-order valence-corrected chi connectivity index (χ0v) is 13.2. The highest BCUT2D eigenvalue weighted by Gasteiger charge is 2.13. The van der Waals surface area contributed by atoms with Crippen LogP contribution < -0.4 is 5.32 Å². The molecule has 0 saturated heterocycles. The molecule has 2 unspecified atom stereocenters. The average Bonchev–Trinajstić information content (AvgIpc) is 2.46. The van der Waals surface area contributed by atoms with Crippen LogP contribution in [-0.4, -0.2) is 23.7 Å². The molecule has 0 aliphatic carbocycles. The summed E-state index contributed by atoms with van der Waals surface area (Å²) in [5.41, 5.74) is 0.972. The van der Waals surface area contributed by atoms with Crippen molar-refractivity contribution in [2.75, 3.05) is 18.6 Å². The minimum Gasteiger partial charge on any atom is -0.507 e. The van der Waals surface area contributed by atoms with Gasteiger partial charge in [0, 0.05) is 17.0 Å². The number of fused-ring (bicyclic) bond motifs is 1. The maximum absolute atomic E-state index is 10.4. The maximum atomic E-state index is 10.4. The number of thioether (sulfide) groups is 1. The third kappa shape index (κ3) is 3.47. The number of phenolic OH excluding ortho intramolecular Hbond substituents is 1. The van der Waals surface area contributed by atoms with Gasteiger partial charge in [-0.3, -0.25) is 0 Å². The molecule has 0 aliphatic rings. The zero-order chi connectivity index (χ0) is 14.5. The van der Waals surface area contributed by atoms with Crippen LogP contribution in [0.4, 0.5) is 0 Å². The van der Waals surface area contributed by atoms with Crippen LogP contribution in [0.1, 0.15) is 25.5 Å². The third-order valence-corrected chi connectivity index (χ3v) is 4.52. The van der Waals surface area contributed by atoms with E-state index in [-0.39, 0.29) is 6.04 Å². The first-order valence-electron chi connectivity index (χ1n) is 7.06. The van der Waals surface area contributed by atoms with E-state index in [0.717, 1.165) is 28.6 Å². The molecule has 0 spiro atoms. The number of rotatable bonds is 6. The van der Waals surface area contributed by atoms with Crippen molar-refractivity contribution in [3.63, 3.8) is 0 Å². The van der Waals surface area contributed by atoms with Gasteiger partial charge in [-0.25, -0.2) is 0 Å². The molecule has 0 bridgehead atoms. The Morgan fingerprint density at radius 2 is 1.90 bits per heavy atom. The van der Waals surface area contributed by atoms with Gasteiger partial charge in [0.1, 0.15) is 5.75 Å². The predicted octanol–water partition coefficient (Wildman–Crippen LogP) is 4.20. The second-order valence-electron chi connectivity index (χ2n) is 5.41. The van der Waals surface area contributed by atoms with E-state index in [4.69, 9.17) is 0 Å². The number of nitrogens with one attached hydrogen (secondary N) is 1. The summed E-state index contributed by atoms with van der Waals surface area (Å²) in [6, 6.07) is 12.2. The number of benzene rings is 2. The molecule has 108 valence electrons. The molecule has 2 N–H and O–H groups in total. The molecule has 0 aliphatic heterocycles. The lowest BCUT2D eigenvalue weighted by Crippen LogP contribution is -2.25. The Bertz CT molecular complexity index is 570. The lowest BCUT2D eigenvalue weighted by Gasteiger charge is -2.19. The van der Waals surface area contributed by atoms with Crippen LogP contribution in [0.2, 0.25) is 0 Å². The predicted molar refractivity (Wildman–Crippen MR) is 89.6 cm³/mol. The molecule has 3 heteroatoms. The zero-order valence-electron chi connectivity index (χ0n) is 12.4. The number of hydrogen-bond acceptors (Lipinski definition) is 3. The van der Waals surface area contributed by atoms with Crippen LogP contribution >= 0.6 is 11.8 Å². The van der Waals surface area contributed by atoms with Crippen LogP contribution in [0.15, 0.2) is 36.4 Å². The first kappa shape index (κ1) is 15.2. The van der Waals surface area contributed by atoms with E-state index < -0.39 is 0 Å². The fourth-order valence-electron chi connectivity index (χ4n) is 2.45. The summed E-state index contributed by atoms with van der Waals surface area (Å²) in [4.78, 5) is 0. The smallest absolute Gasteiger partial charge is 0.128 e. The number of phenols is 1. The van der Waals surface area contributed by atoms with Gasteiger partial charge in [-0.1, -0.05) is 43.3 Å². The number of hydrogen-bond donors (Lipinski definition) is 2. The first-order chi connectivity index (χ1) is 9.63. The monoisotopic (exact) mass is 289 g/mol. The van der Waals surface area contributed by atoms with E-state index in [2.05, 4.69) is 31.5 Å².